The highest BCUT2D eigenvalue weighted by atomic mass is 127. The van der Waals surface area contributed by atoms with Gasteiger partial charge in [0.15, 0.2) is 0 Å². The molecule has 0 saturated carbocycles. The molecule has 1 saturated heterocycles. The van der Waals surface area contributed by atoms with Crippen molar-refractivity contribution in [1.29, 1.82) is 0 Å². The maximum absolute atomic E-state index is 12.6. The Labute approximate surface area is 136 Å². The number of halogens is 2. The second kappa shape index (κ2) is 6.37. The molecule has 3 nitrogen and oxygen atoms in total. The van der Waals surface area contributed by atoms with Crippen LogP contribution in [0, 0.1) is 3.57 Å². The second-order valence-electron chi connectivity index (χ2n) is 4.54. The Morgan fingerprint density at radius 2 is 2.21 bits per heavy atom. The lowest BCUT2D eigenvalue weighted by Gasteiger charge is -2.35. The molecule has 1 fully saturated rings. The third-order valence-corrected chi connectivity index (χ3v) is 4.70. The molecule has 2 N–H and O–H groups in total. The fraction of sp³-hybridized carbons (Fsp3) is 0.385. The first kappa shape index (κ1) is 15.0. The van der Waals surface area contributed by atoms with Gasteiger partial charge >= 0.3 is 0 Å². The van der Waals surface area contributed by atoms with Crippen LogP contribution in [0.3, 0.4) is 0 Å². The summed E-state index contributed by atoms with van der Waals surface area (Å²) in [5, 5.41) is 0.563. The minimum Gasteiger partial charge on any atom is -0.392 e. The summed E-state index contributed by atoms with van der Waals surface area (Å²) in [6.45, 7) is 0.698. The molecule has 0 bridgehead atoms. The molecule has 0 spiro atoms. The molecule has 1 aromatic rings. The van der Waals surface area contributed by atoms with Gasteiger partial charge in [0, 0.05) is 15.1 Å². The molecule has 6 heteroatoms. The van der Waals surface area contributed by atoms with E-state index in [1.807, 2.05) is 6.07 Å². The summed E-state index contributed by atoms with van der Waals surface area (Å²) in [6.07, 6.45) is 2.89. The number of hydrogen-bond acceptors (Lipinski definition) is 2. The van der Waals surface area contributed by atoms with Crippen LogP contribution >= 0.6 is 46.4 Å². The smallest absolute Gasteiger partial charge is 0.255 e. The molecule has 0 aromatic heterocycles. The summed E-state index contributed by atoms with van der Waals surface area (Å²) < 4.78 is 0.888. The maximum atomic E-state index is 12.6. The van der Waals surface area contributed by atoms with Crippen molar-refractivity contribution in [2.75, 3.05) is 6.54 Å². The van der Waals surface area contributed by atoms with Crippen LogP contribution in [0.1, 0.15) is 29.6 Å². The quantitative estimate of drug-likeness (QED) is 0.604. The van der Waals surface area contributed by atoms with Gasteiger partial charge < -0.3 is 10.6 Å². The summed E-state index contributed by atoms with van der Waals surface area (Å²) in [6, 6.07) is 5.19. The topological polar surface area (TPSA) is 46.3 Å². The van der Waals surface area contributed by atoms with Gasteiger partial charge in [0.05, 0.1) is 16.6 Å². The normalized spacial score (nSPS) is 19.3. The largest absolute Gasteiger partial charge is 0.392 e. The standard InChI is InChI=1S/C13H14ClIN2OS/c14-8-4-5-10(15)9(7-8)13(18)17-6-2-1-3-11(17)12(16)19/h4-5,7,11H,1-3,6H2,(H2,16,19). The van der Waals surface area contributed by atoms with Gasteiger partial charge in [-0.3, -0.25) is 4.79 Å². The highest BCUT2D eigenvalue weighted by molar-refractivity contribution is 14.1. The molecular weight excluding hydrogens is 395 g/mol. The van der Waals surface area contributed by atoms with Gasteiger partial charge in [-0.15, -0.1) is 0 Å². The predicted octanol–water partition coefficient (Wildman–Crippen LogP) is 3.23. The first-order valence-corrected chi connectivity index (χ1v) is 7.92. The van der Waals surface area contributed by atoms with E-state index in [1.54, 1.807) is 17.0 Å². The lowest BCUT2D eigenvalue weighted by molar-refractivity contribution is 0.0680. The van der Waals surface area contributed by atoms with Crippen molar-refractivity contribution in [1.82, 2.24) is 4.90 Å². The van der Waals surface area contributed by atoms with E-state index in [-0.39, 0.29) is 11.9 Å². The Bertz CT molecular complexity index is 523. The summed E-state index contributed by atoms with van der Waals surface area (Å²) in [5.74, 6) is -0.0376. The Morgan fingerprint density at radius 1 is 1.47 bits per heavy atom. The molecule has 0 aliphatic carbocycles. The van der Waals surface area contributed by atoms with Crippen molar-refractivity contribution >= 4 is 57.3 Å². The SMILES string of the molecule is NC(=S)C1CCCCN1C(=O)c1cc(Cl)ccc1I. The van der Waals surface area contributed by atoms with Gasteiger partial charge in [0.2, 0.25) is 0 Å². The lowest BCUT2D eigenvalue weighted by atomic mass is 10.0. The zero-order valence-electron chi connectivity index (χ0n) is 10.2. The van der Waals surface area contributed by atoms with Crippen molar-refractivity contribution in [3.63, 3.8) is 0 Å². The third kappa shape index (κ3) is 3.38. The van der Waals surface area contributed by atoms with E-state index < -0.39 is 0 Å². The van der Waals surface area contributed by atoms with E-state index in [4.69, 9.17) is 29.6 Å². The minimum atomic E-state index is -0.133. The fourth-order valence-electron chi connectivity index (χ4n) is 2.29. The van der Waals surface area contributed by atoms with Crippen molar-refractivity contribution in [2.45, 2.75) is 25.3 Å². The van der Waals surface area contributed by atoms with Crippen LogP contribution in [-0.4, -0.2) is 28.4 Å². The van der Waals surface area contributed by atoms with Gasteiger partial charge in [-0.2, -0.15) is 0 Å². The Hall–Kier alpha value is -0.400. The third-order valence-electron chi connectivity index (χ3n) is 3.25. The van der Waals surface area contributed by atoms with Crippen molar-refractivity contribution in [3.05, 3.63) is 32.4 Å². The lowest BCUT2D eigenvalue weighted by Crippen LogP contribution is -2.50. The number of carbonyl (C=O) groups excluding carboxylic acids is 1. The summed E-state index contributed by atoms with van der Waals surface area (Å²) in [7, 11) is 0. The zero-order chi connectivity index (χ0) is 14.0. The van der Waals surface area contributed by atoms with E-state index >= 15 is 0 Å². The molecule has 1 aromatic carbocycles. The highest BCUT2D eigenvalue weighted by Crippen LogP contribution is 2.24. The average molecular weight is 409 g/mol. The Morgan fingerprint density at radius 3 is 2.89 bits per heavy atom. The molecule has 19 heavy (non-hydrogen) atoms. The van der Waals surface area contributed by atoms with Crippen LogP contribution in [0.25, 0.3) is 0 Å². The molecule has 102 valence electrons. The van der Waals surface area contributed by atoms with Crippen LogP contribution in [0.15, 0.2) is 18.2 Å². The van der Waals surface area contributed by atoms with E-state index in [0.29, 0.717) is 22.1 Å². The number of amides is 1. The first-order chi connectivity index (χ1) is 9.00. The van der Waals surface area contributed by atoms with Crippen molar-refractivity contribution < 1.29 is 4.79 Å². The van der Waals surface area contributed by atoms with Gasteiger partial charge in [-0.05, 0) is 60.1 Å². The van der Waals surface area contributed by atoms with Gasteiger partial charge in [0.1, 0.15) is 0 Å². The van der Waals surface area contributed by atoms with Crippen molar-refractivity contribution in [2.24, 2.45) is 5.73 Å². The highest BCUT2D eigenvalue weighted by Gasteiger charge is 2.30. The first-order valence-electron chi connectivity index (χ1n) is 6.06. The van der Waals surface area contributed by atoms with Crippen LogP contribution in [0.2, 0.25) is 5.02 Å². The number of piperidine rings is 1. The van der Waals surface area contributed by atoms with E-state index in [9.17, 15) is 4.79 Å². The molecule has 1 amide bonds. The van der Waals surface area contributed by atoms with Gasteiger partial charge in [-0.25, -0.2) is 0 Å². The predicted molar refractivity (Wildman–Crippen MR) is 89.6 cm³/mol. The van der Waals surface area contributed by atoms with E-state index in [2.05, 4.69) is 22.6 Å². The molecular formula is C13H14ClIN2OS. The zero-order valence-corrected chi connectivity index (χ0v) is 14.0. The number of hydrogen-bond donors (Lipinski definition) is 1. The molecule has 2 rings (SSSR count). The van der Waals surface area contributed by atoms with Crippen molar-refractivity contribution in [3.8, 4) is 0 Å². The molecule has 1 unspecified atom stereocenters. The second-order valence-corrected chi connectivity index (χ2v) is 6.61. The summed E-state index contributed by atoms with van der Waals surface area (Å²) >= 11 is 13.2. The Balaban J connectivity index is 2.31. The van der Waals surface area contributed by atoms with Gasteiger partial charge in [0.25, 0.3) is 5.91 Å². The maximum Gasteiger partial charge on any atom is 0.255 e. The molecule has 1 atom stereocenters. The fourth-order valence-corrected chi connectivity index (χ4v) is 3.27. The van der Waals surface area contributed by atoms with E-state index in [1.165, 1.54) is 0 Å². The molecule has 1 aliphatic heterocycles. The number of benzene rings is 1. The molecule has 1 aliphatic rings. The number of nitrogens with zero attached hydrogens (tertiary/aromatic N) is 1. The van der Waals surface area contributed by atoms with Crippen LogP contribution in [-0.2, 0) is 0 Å². The van der Waals surface area contributed by atoms with Crippen LogP contribution in [0.5, 0.6) is 0 Å². The number of likely N-dealkylation sites (tertiary alicyclic amines) is 1. The molecule has 0 radical (unpaired) electrons. The molecule has 1 heterocycles. The monoisotopic (exact) mass is 408 g/mol. The average Bonchev–Trinajstić information content (AvgIpc) is 2.40. The van der Waals surface area contributed by atoms with Crippen LogP contribution < -0.4 is 5.73 Å². The number of nitrogens with two attached hydrogens (primary N) is 1. The summed E-state index contributed by atoms with van der Waals surface area (Å²) in [4.78, 5) is 14.8. The number of rotatable bonds is 2. The number of carbonyl (C=O) groups is 1. The minimum absolute atomic E-state index is 0.0376. The van der Waals surface area contributed by atoms with Gasteiger partial charge in [-0.1, -0.05) is 23.8 Å². The summed E-state index contributed by atoms with van der Waals surface area (Å²) in [5.41, 5.74) is 6.37. The number of thiocarbonyl (C=S) groups is 1. The Kier molecular flexibility index (Phi) is 5.03. The van der Waals surface area contributed by atoms with Crippen LogP contribution in [0.4, 0.5) is 0 Å². The van der Waals surface area contributed by atoms with E-state index in [0.717, 1.165) is 22.8 Å².